The lowest BCUT2D eigenvalue weighted by Crippen LogP contribution is -2.53. The fourth-order valence-electron chi connectivity index (χ4n) is 3.62. The number of hydrogen-bond acceptors (Lipinski definition) is 6. The summed E-state index contributed by atoms with van der Waals surface area (Å²) < 4.78 is 64.6. The number of nitrogens with two attached hydrogens (primary N) is 2. The van der Waals surface area contributed by atoms with Gasteiger partial charge < -0.3 is 15.4 Å². The van der Waals surface area contributed by atoms with Gasteiger partial charge in [0.25, 0.3) is 0 Å². The number of fused-ring (bicyclic) bond motifs is 1. The van der Waals surface area contributed by atoms with E-state index in [9.17, 15) is 13.9 Å². The van der Waals surface area contributed by atoms with Crippen LogP contribution in [-0.4, -0.2) is 28.0 Å². The highest BCUT2D eigenvalue weighted by Crippen LogP contribution is 2.45. The summed E-state index contributed by atoms with van der Waals surface area (Å²) in [7, 11) is 0. The van der Waals surface area contributed by atoms with Crippen molar-refractivity contribution in [1.82, 2.24) is 9.99 Å². The Balaban J connectivity index is 1.68. The zero-order valence-electron chi connectivity index (χ0n) is 18.5. The second-order valence-corrected chi connectivity index (χ2v) is 7.85. The Hall–Kier alpha value is -4.40. The van der Waals surface area contributed by atoms with Crippen LogP contribution in [0.15, 0.2) is 76.6 Å². The van der Waals surface area contributed by atoms with Crippen molar-refractivity contribution < 1.29 is 27.1 Å². The van der Waals surface area contributed by atoms with Crippen LogP contribution in [0.3, 0.4) is 0 Å². The Morgan fingerprint density at radius 2 is 1.81 bits per heavy atom. The predicted molar refractivity (Wildman–Crippen MR) is 124 cm³/mol. The van der Waals surface area contributed by atoms with Crippen molar-refractivity contribution in [3.63, 3.8) is 0 Å². The molecule has 0 aliphatic carbocycles. The molecule has 2 aromatic heterocycles. The number of benzene rings is 2. The lowest BCUT2D eigenvalue weighted by molar-refractivity contribution is -0.203. The van der Waals surface area contributed by atoms with E-state index in [1.54, 1.807) is 24.5 Å². The maximum Gasteiger partial charge on any atom is 0.323 e. The van der Waals surface area contributed by atoms with Crippen LogP contribution in [0.1, 0.15) is 22.4 Å². The number of halogens is 4. The summed E-state index contributed by atoms with van der Waals surface area (Å²) in [6, 6.07) is 11.2. The third-order valence-corrected chi connectivity index (χ3v) is 5.41. The largest absolute Gasteiger partial charge is 0.464 e. The highest BCUT2D eigenvalue weighted by Gasteiger charge is 2.58. The highest BCUT2D eigenvalue weighted by molar-refractivity contribution is 5.78. The van der Waals surface area contributed by atoms with Crippen LogP contribution < -0.4 is 11.7 Å². The fraction of sp³-hybridized carbons (Fsp3) is 0.120. The molecule has 0 fully saturated rings. The number of pyridine rings is 1. The zero-order chi connectivity index (χ0) is 25.9. The summed E-state index contributed by atoms with van der Waals surface area (Å²) in [4.78, 5) is 3.75. The van der Waals surface area contributed by atoms with E-state index in [-0.39, 0.29) is 0 Å². The lowest BCUT2D eigenvalue weighted by Gasteiger charge is -2.37. The molecule has 1 atom stereocenters. The fourth-order valence-corrected chi connectivity index (χ4v) is 3.62. The molecule has 5 N–H and O–H groups in total. The van der Waals surface area contributed by atoms with Crippen molar-refractivity contribution in [3.8, 4) is 11.8 Å². The third kappa shape index (κ3) is 4.72. The Labute approximate surface area is 202 Å². The third-order valence-electron chi connectivity index (χ3n) is 5.41. The molecular formula is C25H19F4N5O2. The predicted octanol–water partition coefficient (Wildman–Crippen LogP) is 3.56. The van der Waals surface area contributed by atoms with Crippen LogP contribution >= 0.6 is 0 Å². The number of aromatic nitrogens is 1. The molecule has 4 rings (SSSR count). The zero-order valence-corrected chi connectivity index (χ0v) is 18.5. The maximum atomic E-state index is 15.7. The monoisotopic (exact) mass is 497 g/mol. The van der Waals surface area contributed by atoms with Gasteiger partial charge in [0.05, 0.1) is 12.8 Å². The normalized spacial score (nSPS) is 13.4. The molecule has 0 amide bonds. The first-order chi connectivity index (χ1) is 17.1. The molecule has 0 aliphatic rings. The first kappa shape index (κ1) is 24.7. The minimum atomic E-state index is -4.19. The molecule has 0 radical (unpaired) electrons. The molecule has 7 nitrogen and oxygen atoms in total. The second kappa shape index (κ2) is 9.69. The highest BCUT2D eigenvalue weighted by atomic mass is 19.3. The summed E-state index contributed by atoms with van der Waals surface area (Å²) >= 11 is 0. The van der Waals surface area contributed by atoms with Gasteiger partial charge in [0.1, 0.15) is 29.2 Å². The SMILES string of the molecule is N/N=C\N(N)CC(O)(c1ccc(F)cc1F)C(F)(F)c1ccc(C#Cc2ccc3occc3c2)cn1. The minimum absolute atomic E-state index is 0.314. The summed E-state index contributed by atoms with van der Waals surface area (Å²) in [5.41, 5.74) is -3.38. The van der Waals surface area contributed by atoms with Crippen molar-refractivity contribution in [1.29, 1.82) is 0 Å². The van der Waals surface area contributed by atoms with Gasteiger partial charge in [0, 0.05) is 34.3 Å². The topological polar surface area (TPSA) is 114 Å². The molecule has 0 saturated heterocycles. The smallest absolute Gasteiger partial charge is 0.323 e. The summed E-state index contributed by atoms with van der Waals surface area (Å²) in [5, 5.41) is 15.6. The number of nitrogens with zero attached hydrogens (tertiary/aromatic N) is 3. The molecule has 0 spiro atoms. The van der Waals surface area contributed by atoms with Gasteiger partial charge in [-0.25, -0.2) is 14.6 Å². The van der Waals surface area contributed by atoms with E-state index < -0.39 is 41.0 Å². The summed E-state index contributed by atoms with van der Waals surface area (Å²) in [6.07, 6.45) is 3.40. The van der Waals surface area contributed by atoms with Gasteiger partial charge in [-0.2, -0.15) is 13.9 Å². The Bertz CT molecular complexity index is 1480. The lowest BCUT2D eigenvalue weighted by atomic mass is 9.84. The summed E-state index contributed by atoms with van der Waals surface area (Å²) in [5.74, 6) is 9.70. The number of aliphatic hydroxyl groups is 1. The average Bonchev–Trinajstić information content (AvgIpc) is 3.31. The number of hydrazone groups is 1. The standard InChI is InChI=1S/C25H19F4N5O2/c26-19-5-6-20(21(27)12-19)24(35,14-34(31)15-33-30)25(28,29)23-8-4-17(13-32-23)2-1-16-3-7-22-18(11-16)9-10-36-22/h3-13,15,35H,14,30-31H2/b33-15-. The van der Waals surface area contributed by atoms with Gasteiger partial charge in [-0.15, -0.1) is 0 Å². The van der Waals surface area contributed by atoms with Gasteiger partial charge in [0.15, 0.2) is 5.60 Å². The Morgan fingerprint density at radius 1 is 1.06 bits per heavy atom. The number of hydrazine groups is 1. The number of rotatable bonds is 6. The second-order valence-electron chi connectivity index (χ2n) is 7.85. The number of furan rings is 1. The number of hydrogen-bond donors (Lipinski definition) is 3. The van der Waals surface area contributed by atoms with E-state index in [4.69, 9.17) is 16.1 Å². The van der Waals surface area contributed by atoms with Gasteiger partial charge in [-0.1, -0.05) is 11.8 Å². The minimum Gasteiger partial charge on any atom is -0.464 e. The van der Waals surface area contributed by atoms with Crippen LogP contribution in [0.4, 0.5) is 17.6 Å². The molecule has 2 aromatic carbocycles. The number of alkyl halides is 2. The van der Waals surface area contributed by atoms with Gasteiger partial charge in [0.2, 0.25) is 0 Å². The van der Waals surface area contributed by atoms with Crippen molar-refractivity contribution in [2.75, 3.05) is 6.54 Å². The van der Waals surface area contributed by atoms with E-state index in [0.29, 0.717) is 33.9 Å². The van der Waals surface area contributed by atoms with E-state index >= 15 is 8.78 Å². The molecular weight excluding hydrogens is 478 g/mol. The Kier molecular flexibility index (Phi) is 6.65. The first-order valence-corrected chi connectivity index (χ1v) is 10.4. The van der Waals surface area contributed by atoms with Crippen LogP contribution in [0.2, 0.25) is 0 Å². The van der Waals surface area contributed by atoms with Gasteiger partial charge in [-0.05, 0) is 48.5 Å². The molecule has 36 heavy (non-hydrogen) atoms. The molecule has 1 unspecified atom stereocenters. The van der Waals surface area contributed by atoms with Crippen molar-refractivity contribution >= 4 is 17.3 Å². The molecule has 0 bridgehead atoms. The molecule has 4 aromatic rings. The maximum absolute atomic E-state index is 15.7. The molecule has 0 saturated carbocycles. The van der Waals surface area contributed by atoms with E-state index in [2.05, 4.69) is 21.9 Å². The van der Waals surface area contributed by atoms with Crippen LogP contribution in [0.25, 0.3) is 11.0 Å². The van der Waals surface area contributed by atoms with E-state index in [1.165, 1.54) is 6.07 Å². The van der Waals surface area contributed by atoms with Crippen molar-refractivity contribution in [2.24, 2.45) is 16.8 Å². The van der Waals surface area contributed by atoms with E-state index in [0.717, 1.165) is 30.1 Å². The van der Waals surface area contributed by atoms with Crippen LogP contribution in [0.5, 0.6) is 0 Å². The first-order valence-electron chi connectivity index (χ1n) is 10.4. The van der Waals surface area contributed by atoms with Crippen LogP contribution in [0, 0.1) is 23.5 Å². The molecule has 2 heterocycles. The molecule has 184 valence electrons. The van der Waals surface area contributed by atoms with Gasteiger partial charge >= 0.3 is 5.92 Å². The quantitative estimate of drug-likeness (QED) is 0.0938. The van der Waals surface area contributed by atoms with Crippen molar-refractivity contribution in [2.45, 2.75) is 11.5 Å². The Morgan fingerprint density at radius 3 is 2.50 bits per heavy atom. The summed E-state index contributed by atoms with van der Waals surface area (Å²) in [6.45, 7) is -1.05. The molecule has 11 heteroatoms. The molecule has 0 aliphatic heterocycles. The van der Waals surface area contributed by atoms with Gasteiger partial charge in [-0.3, -0.25) is 9.99 Å². The van der Waals surface area contributed by atoms with Crippen LogP contribution in [-0.2, 0) is 11.5 Å². The average molecular weight is 497 g/mol. The van der Waals surface area contributed by atoms with Crippen molar-refractivity contribution in [3.05, 3.63) is 101 Å². The van der Waals surface area contributed by atoms with E-state index in [1.807, 2.05) is 6.07 Å².